The molecule has 0 bridgehead atoms. The highest BCUT2D eigenvalue weighted by Crippen LogP contribution is 2.38. The number of benzene rings is 2. The topological polar surface area (TPSA) is 149 Å². The fraction of sp³-hybridized carbons (Fsp3) is 0.231. The van der Waals surface area contributed by atoms with Gasteiger partial charge in [0.15, 0.2) is 11.5 Å². The van der Waals surface area contributed by atoms with Crippen LogP contribution in [0.25, 0.3) is 22.6 Å². The molecule has 0 fully saturated rings. The van der Waals surface area contributed by atoms with Crippen molar-refractivity contribution in [1.29, 1.82) is 0 Å². The van der Waals surface area contributed by atoms with Gasteiger partial charge >= 0.3 is 0 Å². The molecule has 52 heavy (non-hydrogen) atoms. The van der Waals surface area contributed by atoms with Crippen LogP contribution in [0, 0.1) is 19.3 Å². The van der Waals surface area contributed by atoms with Gasteiger partial charge in [-0.15, -0.1) is 22.7 Å². The number of aryl methyl sites for hydroxylation is 3. The van der Waals surface area contributed by atoms with Crippen LogP contribution < -0.4 is 21.7 Å². The van der Waals surface area contributed by atoms with E-state index in [1.165, 1.54) is 11.3 Å². The summed E-state index contributed by atoms with van der Waals surface area (Å²) in [4.78, 5) is 36.4. The number of nitrogens with two attached hydrogens (primary N) is 1. The van der Waals surface area contributed by atoms with Gasteiger partial charge in [-0.05, 0) is 86.1 Å². The molecule has 0 aliphatic heterocycles. The van der Waals surface area contributed by atoms with E-state index in [2.05, 4.69) is 69.5 Å². The summed E-state index contributed by atoms with van der Waals surface area (Å²) in [6, 6.07) is 19.8. The fourth-order valence-corrected chi connectivity index (χ4v) is 7.51. The third kappa shape index (κ3) is 7.37. The van der Waals surface area contributed by atoms with Crippen LogP contribution in [0.1, 0.15) is 54.0 Å². The van der Waals surface area contributed by atoms with E-state index >= 15 is 0 Å². The molecule has 7 rings (SSSR count). The number of carbonyl (C=O) groups excluding carboxylic acids is 1. The summed E-state index contributed by atoms with van der Waals surface area (Å²) in [5, 5.41) is 11.3. The third-order valence-corrected chi connectivity index (χ3v) is 11.0. The normalized spacial score (nSPS) is 12.5. The van der Waals surface area contributed by atoms with Gasteiger partial charge in [-0.1, -0.05) is 38.1 Å². The van der Waals surface area contributed by atoms with E-state index in [9.17, 15) is 4.79 Å². The monoisotopic (exact) mass is 728 g/mol. The number of para-hydroxylation sites is 2. The van der Waals surface area contributed by atoms with Crippen molar-refractivity contribution < 1.29 is 4.79 Å². The van der Waals surface area contributed by atoms with Crippen molar-refractivity contribution in [3.05, 3.63) is 113 Å². The first-order valence-corrected chi connectivity index (χ1v) is 18.9. The molecule has 0 spiro atoms. The molecule has 11 nitrogen and oxygen atoms in total. The van der Waals surface area contributed by atoms with Crippen molar-refractivity contribution >= 4 is 72.4 Å². The number of amides is 1. The highest BCUT2D eigenvalue weighted by molar-refractivity contribution is 7.14. The Balaban J connectivity index is 1.06. The summed E-state index contributed by atoms with van der Waals surface area (Å²) in [6.45, 7) is 9.37. The minimum atomic E-state index is -0.329. The zero-order valence-electron chi connectivity index (χ0n) is 29.5. The quantitative estimate of drug-likeness (QED) is 0.0852. The number of nitrogen functional groups attached to an aromatic ring is 1. The second kappa shape index (κ2) is 14.9. The zero-order valence-corrected chi connectivity index (χ0v) is 31.1. The minimum Gasteiger partial charge on any atom is -0.397 e. The Kier molecular flexibility index (Phi) is 9.97. The summed E-state index contributed by atoms with van der Waals surface area (Å²) in [7, 11) is 0. The van der Waals surface area contributed by atoms with Gasteiger partial charge in [0, 0.05) is 18.4 Å². The maximum atomic E-state index is 13.1. The average molecular weight is 729 g/mol. The number of anilines is 6. The second-order valence-corrected chi connectivity index (χ2v) is 14.9. The van der Waals surface area contributed by atoms with Crippen LogP contribution in [-0.2, 0) is 13.0 Å². The Morgan fingerprint density at radius 1 is 0.885 bits per heavy atom. The number of fused-ring (bicyclic) bond motifs is 1. The molecule has 1 amide bonds. The van der Waals surface area contributed by atoms with Gasteiger partial charge in [-0.25, -0.2) is 15.0 Å². The molecule has 2 aromatic carbocycles. The Hall–Kier alpha value is -5.66. The highest BCUT2D eigenvalue weighted by atomic mass is 32.1. The number of pyridine rings is 2. The number of nitrogens with zero attached hydrogens (tertiary/aromatic N) is 6. The van der Waals surface area contributed by atoms with Gasteiger partial charge in [0.25, 0.3) is 5.91 Å². The number of aromatic nitrogens is 6. The molecular weight excluding hydrogens is 689 g/mol. The first-order valence-electron chi connectivity index (χ1n) is 17.1. The third-order valence-electron chi connectivity index (χ3n) is 9.49. The molecule has 5 N–H and O–H groups in total. The van der Waals surface area contributed by atoms with Crippen LogP contribution in [0.15, 0.2) is 90.3 Å². The summed E-state index contributed by atoms with van der Waals surface area (Å²) < 4.78 is 2.34. The van der Waals surface area contributed by atoms with E-state index in [1.54, 1.807) is 35.3 Å². The standard InChI is InChI=1S/C39H40N10OS2/c1-5-39(4,21-49-30-13-7-10-25(3)32(30)48-35(49)33-37(51-22-43-33)45-27-11-8-18-41-19-27)17-16-26-14-15-28(20-42-26)46-38-34(44-23-52-38)36(50)47-29-12-6-9-24(2)31(29)40/h6-15,18-20,22-23,45-46H,5,16-17,21,40H2,1-4H3,(H,47,50). The largest absolute Gasteiger partial charge is 0.397 e. The predicted molar refractivity (Wildman–Crippen MR) is 213 cm³/mol. The number of hydrogen-bond donors (Lipinski definition) is 4. The number of rotatable bonds is 13. The van der Waals surface area contributed by atoms with E-state index in [0.717, 1.165) is 81.6 Å². The molecule has 0 radical (unpaired) electrons. The zero-order chi connectivity index (χ0) is 36.2. The molecular formula is C39H40N10OS2. The van der Waals surface area contributed by atoms with Gasteiger partial charge in [0.05, 0.1) is 57.2 Å². The molecule has 0 saturated carbocycles. The highest BCUT2D eigenvalue weighted by Gasteiger charge is 2.28. The van der Waals surface area contributed by atoms with Crippen LogP contribution in [0.2, 0.25) is 0 Å². The Labute approximate surface area is 310 Å². The second-order valence-electron chi connectivity index (χ2n) is 13.2. The maximum absolute atomic E-state index is 13.1. The van der Waals surface area contributed by atoms with Gasteiger partial charge in [-0.3, -0.25) is 14.8 Å². The minimum absolute atomic E-state index is 0.0523. The number of carbonyl (C=O) groups is 1. The SMILES string of the molecule is CCC(C)(CCc1ccc(Nc2scnc2C(=O)Nc2cccc(C)c2N)cn1)Cn1c(-c2ncsc2Nc2cccnc2)nc2c(C)cccc21. The first-order chi connectivity index (χ1) is 25.2. The van der Waals surface area contributed by atoms with Crippen molar-refractivity contribution in [2.75, 3.05) is 21.7 Å². The van der Waals surface area contributed by atoms with Crippen LogP contribution in [-0.4, -0.2) is 35.4 Å². The molecule has 5 aromatic heterocycles. The van der Waals surface area contributed by atoms with Gasteiger partial charge in [-0.2, -0.15) is 0 Å². The van der Waals surface area contributed by atoms with E-state index in [0.29, 0.717) is 22.1 Å². The molecule has 5 heterocycles. The molecule has 0 saturated heterocycles. The van der Waals surface area contributed by atoms with Crippen molar-refractivity contribution in [3.63, 3.8) is 0 Å². The van der Waals surface area contributed by atoms with Crippen LogP contribution in [0.5, 0.6) is 0 Å². The summed E-state index contributed by atoms with van der Waals surface area (Å²) in [5.41, 5.74) is 18.6. The number of nitrogens with one attached hydrogen (secondary N) is 3. The lowest BCUT2D eigenvalue weighted by molar-refractivity contribution is 0.102. The number of imidazole rings is 1. The number of hydrogen-bond acceptors (Lipinski definition) is 11. The van der Waals surface area contributed by atoms with Crippen LogP contribution >= 0.6 is 22.7 Å². The lowest BCUT2D eigenvalue weighted by Crippen LogP contribution is -2.24. The van der Waals surface area contributed by atoms with E-state index in [-0.39, 0.29) is 11.3 Å². The summed E-state index contributed by atoms with van der Waals surface area (Å²) in [6.07, 6.45) is 8.08. The Morgan fingerprint density at radius 2 is 1.65 bits per heavy atom. The molecule has 0 aliphatic carbocycles. The van der Waals surface area contributed by atoms with E-state index in [1.807, 2.05) is 55.0 Å². The lowest BCUT2D eigenvalue weighted by Gasteiger charge is -2.30. The first kappa shape index (κ1) is 34.8. The van der Waals surface area contributed by atoms with Crippen molar-refractivity contribution in [2.45, 2.75) is 53.5 Å². The maximum Gasteiger partial charge on any atom is 0.277 e. The summed E-state index contributed by atoms with van der Waals surface area (Å²) in [5.74, 6) is 0.521. The molecule has 7 aromatic rings. The average Bonchev–Trinajstić information content (AvgIpc) is 3.90. The van der Waals surface area contributed by atoms with Gasteiger partial charge in [0.2, 0.25) is 0 Å². The van der Waals surface area contributed by atoms with Gasteiger partial charge < -0.3 is 26.3 Å². The van der Waals surface area contributed by atoms with Gasteiger partial charge in [0.1, 0.15) is 15.7 Å². The van der Waals surface area contributed by atoms with Crippen LogP contribution in [0.3, 0.4) is 0 Å². The fourth-order valence-electron chi connectivity index (χ4n) is 6.11. The van der Waals surface area contributed by atoms with Crippen molar-refractivity contribution in [3.8, 4) is 11.5 Å². The molecule has 0 aliphatic rings. The van der Waals surface area contributed by atoms with E-state index in [4.69, 9.17) is 20.7 Å². The molecule has 13 heteroatoms. The smallest absolute Gasteiger partial charge is 0.277 e. The predicted octanol–water partition coefficient (Wildman–Crippen LogP) is 9.39. The Bertz CT molecular complexity index is 2330. The molecule has 1 unspecified atom stereocenters. The summed E-state index contributed by atoms with van der Waals surface area (Å²) >= 11 is 2.91. The molecule has 1 atom stereocenters. The van der Waals surface area contributed by atoms with Crippen molar-refractivity contribution in [2.24, 2.45) is 5.41 Å². The molecule has 264 valence electrons. The Morgan fingerprint density at radius 3 is 2.44 bits per heavy atom. The van der Waals surface area contributed by atoms with E-state index < -0.39 is 0 Å². The van der Waals surface area contributed by atoms with Crippen LogP contribution in [0.4, 0.5) is 32.8 Å². The van der Waals surface area contributed by atoms with Crippen molar-refractivity contribution in [1.82, 2.24) is 29.5 Å². The lowest BCUT2D eigenvalue weighted by atomic mass is 9.82. The number of thiazole rings is 2.